The van der Waals surface area contributed by atoms with E-state index in [4.69, 9.17) is 5.11 Å². The molecular weight excluding hydrogens is 392 g/mol. The van der Waals surface area contributed by atoms with Crippen LogP contribution in [0.2, 0.25) is 0 Å². The Bertz CT molecular complexity index is 720. The van der Waals surface area contributed by atoms with E-state index in [1.54, 1.807) is 0 Å². The second kappa shape index (κ2) is 13.3. The number of hydrogen-bond donors (Lipinski definition) is 2. The first-order valence-electron chi connectivity index (χ1n) is 10.1. The molecule has 0 unspecified atom stereocenters. The number of carboxylic acids is 1. The third kappa shape index (κ3) is 13.0. The molecule has 1 atom stereocenters. The van der Waals surface area contributed by atoms with Gasteiger partial charge < -0.3 is 15.3 Å². The SMILES string of the molecule is CN(C)C[C@@H](CC(=O)O)NC(=O)CCCCCCS(=O)(=O)CCc1ccccc1. The highest BCUT2D eigenvalue weighted by Gasteiger charge is 2.16. The van der Waals surface area contributed by atoms with Crippen LogP contribution >= 0.6 is 0 Å². The van der Waals surface area contributed by atoms with Crippen molar-refractivity contribution in [1.82, 2.24) is 10.2 Å². The number of unbranched alkanes of at least 4 members (excludes halogenated alkanes) is 3. The van der Waals surface area contributed by atoms with E-state index in [0.717, 1.165) is 18.4 Å². The smallest absolute Gasteiger partial charge is 0.305 e. The predicted octanol–water partition coefficient (Wildman–Crippen LogP) is 2.12. The lowest BCUT2D eigenvalue weighted by molar-refractivity contribution is -0.137. The van der Waals surface area contributed by atoms with Gasteiger partial charge in [0, 0.05) is 13.0 Å². The summed E-state index contributed by atoms with van der Waals surface area (Å²) in [4.78, 5) is 24.7. The van der Waals surface area contributed by atoms with Crippen LogP contribution in [0.5, 0.6) is 0 Å². The maximum atomic E-state index is 12.1. The van der Waals surface area contributed by atoms with E-state index in [1.165, 1.54) is 0 Å². The number of aryl methyl sites for hydroxylation is 1. The molecule has 0 fully saturated rings. The van der Waals surface area contributed by atoms with E-state index >= 15 is 0 Å². The molecule has 0 heterocycles. The number of carbonyl (C=O) groups excluding carboxylic acids is 1. The van der Waals surface area contributed by atoms with Crippen LogP contribution in [0.3, 0.4) is 0 Å². The van der Waals surface area contributed by atoms with Gasteiger partial charge in [-0.25, -0.2) is 8.42 Å². The molecule has 1 amide bonds. The minimum Gasteiger partial charge on any atom is -0.481 e. The third-order valence-corrected chi connectivity index (χ3v) is 6.26. The number of sulfone groups is 1. The molecule has 164 valence electrons. The first-order valence-corrected chi connectivity index (χ1v) is 11.9. The molecule has 0 saturated heterocycles. The van der Waals surface area contributed by atoms with Crippen LogP contribution in [-0.4, -0.2) is 68.5 Å². The van der Waals surface area contributed by atoms with Gasteiger partial charge in [0.15, 0.2) is 9.84 Å². The summed E-state index contributed by atoms with van der Waals surface area (Å²) >= 11 is 0. The molecule has 0 spiro atoms. The van der Waals surface area contributed by atoms with E-state index in [2.05, 4.69) is 5.32 Å². The van der Waals surface area contributed by atoms with Crippen molar-refractivity contribution in [3.8, 4) is 0 Å². The second-order valence-corrected chi connectivity index (χ2v) is 9.98. The molecule has 0 bridgehead atoms. The van der Waals surface area contributed by atoms with Gasteiger partial charge in [0.1, 0.15) is 0 Å². The summed E-state index contributed by atoms with van der Waals surface area (Å²) in [7, 11) is 0.595. The number of rotatable bonds is 15. The summed E-state index contributed by atoms with van der Waals surface area (Å²) in [6.45, 7) is 0.471. The van der Waals surface area contributed by atoms with Gasteiger partial charge in [-0.1, -0.05) is 43.2 Å². The lowest BCUT2D eigenvalue weighted by Gasteiger charge is -2.20. The van der Waals surface area contributed by atoms with Gasteiger partial charge in [-0.05, 0) is 38.9 Å². The monoisotopic (exact) mass is 426 g/mol. The van der Waals surface area contributed by atoms with Crippen molar-refractivity contribution in [3.05, 3.63) is 35.9 Å². The molecule has 0 aromatic heterocycles. The van der Waals surface area contributed by atoms with Crippen LogP contribution in [0, 0.1) is 0 Å². The van der Waals surface area contributed by atoms with Crippen molar-refractivity contribution in [2.24, 2.45) is 0 Å². The fraction of sp³-hybridized carbons (Fsp3) is 0.619. The Morgan fingerprint density at radius 3 is 2.31 bits per heavy atom. The number of hydrogen-bond acceptors (Lipinski definition) is 5. The first-order chi connectivity index (χ1) is 13.7. The maximum absolute atomic E-state index is 12.1. The summed E-state index contributed by atoms with van der Waals surface area (Å²) in [6, 6.07) is 9.17. The number of carboxylic acid groups (broad SMARTS) is 1. The number of carbonyl (C=O) groups is 2. The van der Waals surface area contributed by atoms with E-state index in [-0.39, 0.29) is 23.8 Å². The highest BCUT2D eigenvalue weighted by Crippen LogP contribution is 2.08. The largest absolute Gasteiger partial charge is 0.481 e. The van der Waals surface area contributed by atoms with Crippen LogP contribution in [0.25, 0.3) is 0 Å². The molecule has 2 N–H and O–H groups in total. The number of nitrogens with zero attached hydrogens (tertiary/aromatic N) is 1. The topological polar surface area (TPSA) is 104 Å². The Labute approximate surface area is 174 Å². The van der Waals surface area contributed by atoms with E-state index in [0.29, 0.717) is 32.2 Å². The third-order valence-electron chi connectivity index (χ3n) is 4.53. The van der Waals surface area contributed by atoms with Crippen LogP contribution < -0.4 is 5.32 Å². The van der Waals surface area contributed by atoms with Gasteiger partial charge in [0.05, 0.1) is 24.0 Å². The molecule has 0 aliphatic rings. The van der Waals surface area contributed by atoms with E-state index in [9.17, 15) is 18.0 Å². The Hall–Kier alpha value is -1.93. The Morgan fingerprint density at radius 2 is 1.69 bits per heavy atom. The van der Waals surface area contributed by atoms with Gasteiger partial charge in [-0.3, -0.25) is 9.59 Å². The van der Waals surface area contributed by atoms with Gasteiger partial charge in [-0.15, -0.1) is 0 Å². The Kier molecular flexibility index (Phi) is 11.5. The minimum absolute atomic E-state index is 0.106. The Balaban J connectivity index is 2.18. The molecule has 0 aliphatic carbocycles. The van der Waals surface area contributed by atoms with Gasteiger partial charge in [0.25, 0.3) is 0 Å². The summed E-state index contributed by atoms with van der Waals surface area (Å²) in [5.74, 6) is -0.759. The molecule has 29 heavy (non-hydrogen) atoms. The number of aliphatic carboxylic acids is 1. The summed E-state index contributed by atoms with van der Waals surface area (Å²) in [6.07, 6.45) is 3.55. The summed E-state index contributed by atoms with van der Waals surface area (Å²) in [5.41, 5.74) is 1.03. The summed E-state index contributed by atoms with van der Waals surface area (Å²) in [5, 5.41) is 11.7. The van der Waals surface area contributed by atoms with E-state index in [1.807, 2.05) is 49.3 Å². The number of benzene rings is 1. The maximum Gasteiger partial charge on any atom is 0.305 e. The van der Waals surface area contributed by atoms with Crippen molar-refractivity contribution in [1.29, 1.82) is 0 Å². The van der Waals surface area contributed by atoms with Crippen LogP contribution in [0.15, 0.2) is 30.3 Å². The van der Waals surface area contributed by atoms with Crippen LogP contribution in [0.4, 0.5) is 0 Å². The zero-order valence-corrected chi connectivity index (χ0v) is 18.3. The average Bonchev–Trinajstić information content (AvgIpc) is 2.62. The highest BCUT2D eigenvalue weighted by atomic mass is 32.2. The zero-order valence-electron chi connectivity index (χ0n) is 17.5. The normalized spacial score (nSPS) is 12.7. The molecule has 1 rings (SSSR count). The second-order valence-electron chi connectivity index (χ2n) is 7.68. The Morgan fingerprint density at radius 1 is 1.03 bits per heavy atom. The predicted molar refractivity (Wildman–Crippen MR) is 115 cm³/mol. The van der Waals surface area contributed by atoms with Crippen molar-refractivity contribution in [2.75, 3.05) is 32.1 Å². The molecule has 0 radical (unpaired) electrons. The number of amides is 1. The summed E-state index contributed by atoms with van der Waals surface area (Å²) < 4.78 is 24.3. The fourth-order valence-corrected chi connectivity index (χ4v) is 4.49. The molecule has 0 saturated carbocycles. The van der Waals surface area contributed by atoms with Gasteiger partial charge in [-0.2, -0.15) is 0 Å². The van der Waals surface area contributed by atoms with Crippen molar-refractivity contribution >= 4 is 21.7 Å². The minimum atomic E-state index is -3.06. The van der Waals surface area contributed by atoms with Crippen molar-refractivity contribution in [2.45, 2.75) is 51.0 Å². The van der Waals surface area contributed by atoms with E-state index < -0.39 is 21.8 Å². The van der Waals surface area contributed by atoms with Crippen molar-refractivity contribution in [3.63, 3.8) is 0 Å². The van der Waals surface area contributed by atoms with Crippen LogP contribution in [0.1, 0.15) is 44.1 Å². The molecular formula is C21H34N2O5S. The van der Waals surface area contributed by atoms with Crippen LogP contribution in [-0.2, 0) is 25.8 Å². The van der Waals surface area contributed by atoms with Gasteiger partial charge in [0.2, 0.25) is 5.91 Å². The molecule has 1 aromatic carbocycles. The lowest BCUT2D eigenvalue weighted by Crippen LogP contribution is -2.42. The first kappa shape index (κ1) is 25.1. The number of likely N-dealkylation sites (N-methyl/N-ethyl adjacent to an activating group) is 1. The molecule has 7 nitrogen and oxygen atoms in total. The lowest BCUT2D eigenvalue weighted by atomic mass is 10.1. The molecule has 1 aromatic rings. The zero-order chi connectivity index (χ0) is 21.7. The molecule has 0 aliphatic heterocycles. The van der Waals surface area contributed by atoms with Gasteiger partial charge >= 0.3 is 5.97 Å². The average molecular weight is 427 g/mol. The molecule has 8 heteroatoms. The quantitative estimate of drug-likeness (QED) is 0.416. The highest BCUT2D eigenvalue weighted by molar-refractivity contribution is 7.91. The fourth-order valence-electron chi connectivity index (χ4n) is 3.09. The van der Waals surface area contributed by atoms with Crippen molar-refractivity contribution < 1.29 is 23.1 Å². The standard InChI is InChI=1S/C21H34N2O5S/c1-23(2)17-19(16-21(25)26)22-20(24)12-8-3-4-9-14-29(27,28)15-13-18-10-6-5-7-11-18/h5-7,10-11,19H,3-4,8-9,12-17H2,1-2H3,(H,22,24)(H,25,26)/t19-/m1/s1. The number of nitrogens with one attached hydrogen (secondary N) is 1.